The molecule has 0 saturated carbocycles. The van der Waals surface area contributed by atoms with Gasteiger partial charge in [-0.2, -0.15) is 0 Å². The number of carbonyl (C=O) groups excluding carboxylic acids is 2. The molecule has 4 heterocycles. The van der Waals surface area contributed by atoms with Gasteiger partial charge in [0.05, 0.1) is 58.3 Å². The minimum Gasteiger partial charge on any atom is -0.313 e. The number of hydrogen-bond donors (Lipinski definition) is 0. The summed E-state index contributed by atoms with van der Waals surface area (Å²) in [6.07, 6.45) is 3.74. The second-order valence-electron chi connectivity index (χ2n) is 7.83. The van der Waals surface area contributed by atoms with Crippen LogP contribution in [0, 0.1) is 35.8 Å². The van der Waals surface area contributed by atoms with Gasteiger partial charge in [0.2, 0.25) is 0 Å². The summed E-state index contributed by atoms with van der Waals surface area (Å²) in [4.78, 5) is 37.4. The van der Waals surface area contributed by atoms with Gasteiger partial charge in [0, 0.05) is 23.9 Å². The normalized spacial score (nSPS) is 26.7. The standard InChI is InChI=1S/C24H16N6O2S2/c1-11-7-15(33-21(11)13(9-25)27-3)19-17-18(24(32)29(19)5)20(30(6)23(17)31)16-8-12(2)22(34-16)14(10-26)28-4/h7-8,15-16H,1-2,5-6H3/b21-13-,22-14+. The van der Waals surface area contributed by atoms with Gasteiger partial charge in [0.15, 0.2) is 0 Å². The van der Waals surface area contributed by atoms with Gasteiger partial charge in [-0.15, -0.1) is 23.5 Å². The molecule has 0 bridgehead atoms. The van der Waals surface area contributed by atoms with Gasteiger partial charge in [-0.05, 0) is 25.0 Å². The molecular weight excluding hydrogens is 468 g/mol. The van der Waals surface area contributed by atoms with Crippen molar-refractivity contribution >= 4 is 35.3 Å². The van der Waals surface area contributed by atoms with Gasteiger partial charge in [-0.3, -0.25) is 9.59 Å². The molecular formula is C24H16N6O2S2. The van der Waals surface area contributed by atoms with Crippen molar-refractivity contribution in [2.24, 2.45) is 0 Å². The maximum absolute atomic E-state index is 13.4. The van der Waals surface area contributed by atoms with Gasteiger partial charge in [-0.1, -0.05) is 12.2 Å². The highest BCUT2D eigenvalue weighted by molar-refractivity contribution is 8.04. The van der Waals surface area contributed by atoms with E-state index in [-0.39, 0.29) is 23.2 Å². The molecule has 4 aliphatic heterocycles. The molecule has 166 valence electrons. The van der Waals surface area contributed by atoms with Crippen molar-refractivity contribution in [1.82, 2.24) is 9.80 Å². The molecule has 0 aliphatic carbocycles. The second-order valence-corrected chi connectivity index (χ2v) is 10.1. The highest BCUT2D eigenvalue weighted by Gasteiger charge is 2.50. The smallest absolute Gasteiger partial charge is 0.275 e. The Bertz CT molecular complexity index is 1300. The molecule has 0 N–H and O–H groups in total. The monoisotopic (exact) mass is 484 g/mol. The van der Waals surface area contributed by atoms with Crippen LogP contribution in [0.5, 0.6) is 0 Å². The number of fused-ring (bicyclic) bond motifs is 1. The minimum atomic E-state index is -0.394. The van der Waals surface area contributed by atoms with Crippen molar-refractivity contribution in [3.8, 4) is 12.1 Å². The molecule has 8 nitrogen and oxygen atoms in total. The first-order chi connectivity index (χ1) is 16.2. The number of thioether (sulfide) groups is 2. The summed E-state index contributed by atoms with van der Waals surface area (Å²) in [6.45, 7) is 18.1. The Balaban J connectivity index is 1.85. The van der Waals surface area contributed by atoms with E-state index in [0.29, 0.717) is 32.4 Å². The van der Waals surface area contributed by atoms with Gasteiger partial charge < -0.3 is 9.80 Å². The number of amides is 2. The van der Waals surface area contributed by atoms with E-state index < -0.39 is 10.5 Å². The van der Waals surface area contributed by atoms with Crippen LogP contribution in [0.3, 0.4) is 0 Å². The number of nitrogens with zero attached hydrogens (tertiary/aromatic N) is 6. The topological polar surface area (TPSA) is 96.9 Å². The number of allylic oxidation sites excluding steroid dienone is 4. The van der Waals surface area contributed by atoms with E-state index in [9.17, 15) is 20.1 Å². The van der Waals surface area contributed by atoms with Gasteiger partial charge in [0.25, 0.3) is 23.2 Å². The fourth-order valence-electron chi connectivity index (χ4n) is 4.37. The average molecular weight is 485 g/mol. The van der Waals surface area contributed by atoms with Crippen LogP contribution in [0.15, 0.2) is 67.0 Å². The van der Waals surface area contributed by atoms with Gasteiger partial charge in [-0.25, -0.2) is 20.2 Å². The van der Waals surface area contributed by atoms with Crippen molar-refractivity contribution in [3.63, 3.8) is 0 Å². The Morgan fingerprint density at radius 1 is 0.853 bits per heavy atom. The lowest BCUT2D eigenvalue weighted by molar-refractivity contribution is -0.123. The van der Waals surface area contributed by atoms with E-state index in [0.717, 1.165) is 11.1 Å². The lowest BCUT2D eigenvalue weighted by Crippen LogP contribution is -2.31. The fourth-order valence-corrected chi connectivity index (χ4v) is 7.11. The van der Waals surface area contributed by atoms with Crippen LogP contribution >= 0.6 is 23.5 Å². The quantitative estimate of drug-likeness (QED) is 0.436. The second kappa shape index (κ2) is 8.43. The summed E-state index contributed by atoms with van der Waals surface area (Å²) < 4.78 is 0. The fraction of sp³-hybridized carbons (Fsp3) is 0.250. The van der Waals surface area contributed by atoms with Crippen LogP contribution in [-0.4, -0.2) is 46.2 Å². The predicted octanol–water partition coefficient (Wildman–Crippen LogP) is 3.87. The molecule has 34 heavy (non-hydrogen) atoms. The number of hydrogen-bond acceptors (Lipinski definition) is 6. The first-order valence-corrected chi connectivity index (χ1v) is 11.7. The highest BCUT2D eigenvalue weighted by Crippen LogP contribution is 2.51. The van der Waals surface area contributed by atoms with E-state index in [1.807, 2.05) is 24.3 Å². The van der Waals surface area contributed by atoms with E-state index in [1.165, 1.54) is 33.3 Å². The van der Waals surface area contributed by atoms with Crippen LogP contribution in [0.1, 0.15) is 13.8 Å². The molecule has 0 fully saturated rings. The number of carbonyl (C=O) groups is 2. The zero-order valence-electron chi connectivity index (χ0n) is 18.6. The Labute approximate surface area is 205 Å². The predicted molar refractivity (Wildman–Crippen MR) is 128 cm³/mol. The zero-order valence-corrected chi connectivity index (χ0v) is 20.3. The largest absolute Gasteiger partial charge is 0.313 e. The first kappa shape index (κ1) is 23.2. The summed E-state index contributed by atoms with van der Waals surface area (Å²) in [5.74, 6) is -0.607. The summed E-state index contributed by atoms with van der Waals surface area (Å²) >= 11 is 2.57. The number of nitriles is 2. The Kier molecular flexibility index (Phi) is 5.75. The summed E-state index contributed by atoms with van der Waals surface area (Å²) in [7, 11) is 3.24. The minimum absolute atomic E-state index is 0.0134. The lowest BCUT2D eigenvalue weighted by Gasteiger charge is -2.23. The molecule has 4 aliphatic rings. The molecule has 0 saturated heterocycles. The van der Waals surface area contributed by atoms with Crippen LogP contribution in [0.25, 0.3) is 9.69 Å². The lowest BCUT2D eigenvalue weighted by atomic mass is 10.0. The van der Waals surface area contributed by atoms with Crippen molar-refractivity contribution in [3.05, 3.63) is 89.9 Å². The molecule has 0 spiro atoms. The van der Waals surface area contributed by atoms with Crippen LogP contribution in [-0.2, 0) is 9.59 Å². The van der Waals surface area contributed by atoms with Gasteiger partial charge >= 0.3 is 0 Å². The molecule has 2 amide bonds. The van der Waals surface area contributed by atoms with Crippen LogP contribution < -0.4 is 0 Å². The maximum Gasteiger partial charge on any atom is 0.275 e. The molecule has 2 unspecified atom stereocenters. The highest BCUT2D eigenvalue weighted by atomic mass is 32.2. The van der Waals surface area contributed by atoms with Crippen LogP contribution in [0.4, 0.5) is 0 Å². The number of likely N-dealkylation sites (N-methyl/N-ethyl adjacent to an activating group) is 2. The molecule has 0 radical (unpaired) electrons. The summed E-state index contributed by atoms with van der Waals surface area (Å²) in [5.41, 5.74) is 3.21. The first-order valence-electron chi connectivity index (χ1n) is 9.99. The van der Waals surface area contributed by atoms with Crippen molar-refractivity contribution in [1.29, 1.82) is 10.5 Å². The van der Waals surface area contributed by atoms with Crippen molar-refractivity contribution < 1.29 is 9.59 Å². The molecule has 0 aromatic carbocycles. The van der Waals surface area contributed by atoms with Crippen molar-refractivity contribution in [2.45, 2.75) is 24.3 Å². The molecule has 0 aromatic rings. The van der Waals surface area contributed by atoms with E-state index in [4.69, 9.17) is 13.1 Å². The van der Waals surface area contributed by atoms with E-state index in [1.54, 1.807) is 27.9 Å². The van der Waals surface area contributed by atoms with E-state index >= 15 is 0 Å². The maximum atomic E-state index is 13.4. The Hall–Kier alpha value is -3.96. The number of rotatable bonds is 2. The summed E-state index contributed by atoms with van der Waals surface area (Å²) in [6, 6.07) is 3.83. The SMILES string of the molecule is [C-]#[N+]/C(C#N)=C1\SC(C2=C3C(=O)N(C)C(C4C=C(C)/C(=C(/C#N)[N+]#[C-])S4)=C3C(=O)N2C)C=C1C. The van der Waals surface area contributed by atoms with Gasteiger partial charge in [0.1, 0.15) is 0 Å². The molecule has 0 aromatic heterocycles. The summed E-state index contributed by atoms with van der Waals surface area (Å²) in [5, 5.41) is 17.8. The third-order valence-electron chi connectivity index (χ3n) is 5.94. The Morgan fingerprint density at radius 2 is 1.21 bits per heavy atom. The third-order valence-corrected chi connectivity index (χ3v) is 8.66. The molecule has 10 heteroatoms. The van der Waals surface area contributed by atoms with E-state index in [2.05, 4.69) is 9.69 Å². The Morgan fingerprint density at radius 3 is 1.50 bits per heavy atom. The third kappa shape index (κ3) is 3.20. The van der Waals surface area contributed by atoms with Crippen LogP contribution in [0.2, 0.25) is 0 Å². The van der Waals surface area contributed by atoms with Crippen molar-refractivity contribution in [2.75, 3.05) is 14.1 Å². The average Bonchev–Trinajstić information content (AvgIpc) is 3.51. The molecule has 2 atom stereocenters. The zero-order chi connectivity index (χ0) is 24.9. The molecule has 4 rings (SSSR count).